The molecule has 182 valence electrons. The molecule has 3 N–H and O–H groups in total. The van der Waals surface area contributed by atoms with E-state index in [4.69, 9.17) is 9.47 Å². The lowest BCUT2D eigenvalue weighted by atomic mass is 9.77. The van der Waals surface area contributed by atoms with Gasteiger partial charge in [0.15, 0.2) is 5.60 Å². The Morgan fingerprint density at radius 3 is 2.03 bits per heavy atom. The summed E-state index contributed by atoms with van der Waals surface area (Å²) in [5.74, 6) is 0.687. The number of ether oxygens (including phenoxy) is 2. The number of aliphatic hydroxyl groups is 3. The highest BCUT2D eigenvalue weighted by molar-refractivity contribution is 5.97. The zero-order chi connectivity index (χ0) is 24.6. The molecule has 1 unspecified atom stereocenters. The SMILES string of the molecule is CN(CCO)c1ccc2c(c1)Oc1cc(N(CCO)CCO)ccc1C21OC(=O)c2ccccc21. The summed E-state index contributed by atoms with van der Waals surface area (Å²) in [6.07, 6.45) is 0. The molecule has 2 aliphatic rings. The summed E-state index contributed by atoms with van der Waals surface area (Å²) in [7, 11) is 1.88. The standard InChI is InChI=1S/C27H28N2O6/c1-28(10-13-30)18-6-8-22-24(16-18)34-25-17-19(29(11-14-31)12-15-32)7-9-23(25)27(22)21-5-3-2-4-20(21)26(33)35-27/h2-9,16-17,30-32H,10-15H2,1H3. The molecule has 8 heteroatoms. The van der Waals surface area contributed by atoms with E-state index in [9.17, 15) is 20.1 Å². The largest absolute Gasteiger partial charge is 0.456 e. The molecule has 2 aliphatic heterocycles. The van der Waals surface area contributed by atoms with Crippen LogP contribution in [0.2, 0.25) is 0 Å². The second-order valence-electron chi connectivity index (χ2n) is 8.66. The summed E-state index contributed by atoms with van der Waals surface area (Å²) >= 11 is 0. The molecule has 3 aromatic rings. The summed E-state index contributed by atoms with van der Waals surface area (Å²) < 4.78 is 12.6. The summed E-state index contributed by atoms with van der Waals surface area (Å²) in [6, 6.07) is 18.7. The van der Waals surface area contributed by atoms with Gasteiger partial charge in [-0.25, -0.2) is 4.79 Å². The highest BCUT2D eigenvalue weighted by atomic mass is 16.6. The van der Waals surface area contributed by atoms with Gasteiger partial charge < -0.3 is 34.6 Å². The van der Waals surface area contributed by atoms with Gasteiger partial charge >= 0.3 is 5.97 Å². The molecule has 1 spiro atoms. The highest BCUT2D eigenvalue weighted by Crippen LogP contribution is 2.57. The van der Waals surface area contributed by atoms with Crippen molar-refractivity contribution in [1.29, 1.82) is 0 Å². The van der Waals surface area contributed by atoms with Gasteiger partial charge in [0.25, 0.3) is 0 Å². The van der Waals surface area contributed by atoms with Gasteiger partial charge in [0.1, 0.15) is 11.5 Å². The van der Waals surface area contributed by atoms with E-state index in [0.717, 1.165) is 22.5 Å². The number of esters is 1. The summed E-state index contributed by atoms with van der Waals surface area (Å²) in [5.41, 5.74) is 3.16. The van der Waals surface area contributed by atoms with Crippen LogP contribution >= 0.6 is 0 Å². The molecule has 0 aromatic heterocycles. The maximum Gasteiger partial charge on any atom is 0.340 e. The van der Waals surface area contributed by atoms with Crippen LogP contribution in [0.4, 0.5) is 11.4 Å². The monoisotopic (exact) mass is 476 g/mol. The van der Waals surface area contributed by atoms with Crippen LogP contribution in [-0.4, -0.2) is 67.8 Å². The van der Waals surface area contributed by atoms with Crippen LogP contribution in [-0.2, 0) is 10.3 Å². The van der Waals surface area contributed by atoms with Crippen molar-refractivity contribution in [1.82, 2.24) is 0 Å². The topological polar surface area (TPSA) is 103 Å². The van der Waals surface area contributed by atoms with Crippen molar-refractivity contribution in [3.8, 4) is 11.5 Å². The van der Waals surface area contributed by atoms with Crippen LogP contribution in [0.25, 0.3) is 0 Å². The summed E-state index contributed by atoms with van der Waals surface area (Å²) in [6.45, 7) is 1.07. The molecule has 1 atom stereocenters. The van der Waals surface area contributed by atoms with E-state index in [1.54, 1.807) is 6.07 Å². The fourth-order valence-corrected chi connectivity index (χ4v) is 4.98. The normalized spacial score (nSPS) is 17.3. The van der Waals surface area contributed by atoms with Gasteiger partial charge in [-0.3, -0.25) is 0 Å². The Balaban J connectivity index is 1.71. The molecule has 0 saturated carbocycles. The average molecular weight is 477 g/mol. The van der Waals surface area contributed by atoms with Gasteiger partial charge in [-0.05, 0) is 30.3 Å². The first-order valence-electron chi connectivity index (χ1n) is 11.6. The second kappa shape index (κ2) is 9.22. The van der Waals surface area contributed by atoms with Gasteiger partial charge in [0.05, 0.1) is 25.4 Å². The number of likely N-dealkylation sites (N-methyl/N-ethyl adjacent to an activating group) is 1. The predicted molar refractivity (Wildman–Crippen MR) is 131 cm³/mol. The number of aliphatic hydroxyl groups excluding tert-OH is 3. The van der Waals surface area contributed by atoms with Gasteiger partial charge in [0, 0.05) is 66.9 Å². The summed E-state index contributed by atoms with van der Waals surface area (Å²) in [4.78, 5) is 16.8. The first-order chi connectivity index (χ1) is 17.0. The lowest BCUT2D eigenvalue weighted by Gasteiger charge is -2.37. The lowest BCUT2D eigenvalue weighted by Crippen LogP contribution is -2.34. The third-order valence-electron chi connectivity index (χ3n) is 6.66. The fourth-order valence-electron chi connectivity index (χ4n) is 4.98. The molecule has 0 aliphatic carbocycles. The van der Waals surface area contributed by atoms with E-state index in [1.807, 2.05) is 71.4 Å². The number of carbonyl (C=O) groups is 1. The molecule has 0 bridgehead atoms. The van der Waals surface area contributed by atoms with E-state index < -0.39 is 11.6 Å². The average Bonchev–Trinajstić information content (AvgIpc) is 3.16. The number of hydrogen-bond acceptors (Lipinski definition) is 8. The molecule has 8 nitrogen and oxygen atoms in total. The Labute approximate surface area is 203 Å². The van der Waals surface area contributed by atoms with Crippen molar-refractivity contribution in [2.75, 3.05) is 56.3 Å². The molecule has 0 saturated heterocycles. The van der Waals surface area contributed by atoms with Crippen LogP contribution in [0.5, 0.6) is 11.5 Å². The maximum atomic E-state index is 13.0. The lowest BCUT2D eigenvalue weighted by molar-refractivity contribution is 0.0224. The quantitative estimate of drug-likeness (QED) is 0.426. The highest BCUT2D eigenvalue weighted by Gasteiger charge is 2.53. The van der Waals surface area contributed by atoms with Gasteiger partial charge in [-0.1, -0.05) is 18.2 Å². The summed E-state index contributed by atoms with van der Waals surface area (Å²) in [5, 5.41) is 28.4. The van der Waals surface area contributed by atoms with Crippen molar-refractivity contribution >= 4 is 17.3 Å². The predicted octanol–water partition coefficient (Wildman–Crippen LogP) is 2.47. The Morgan fingerprint density at radius 2 is 1.37 bits per heavy atom. The molecule has 35 heavy (non-hydrogen) atoms. The first kappa shape index (κ1) is 23.2. The minimum Gasteiger partial charge on any atom is -0.456 e. The number of nitrogens with zero attached hydrogens (tertiary/aromatic N) is 2. The van der Waals surface area contributed by atoms with E-state index >= 15 is 0 Å². The number of carbonyl (C=O) groups excluding carboxylic acids is 1. The third-order valence-corrected chi connectivity index (χ3v) is 6.66. The minimum atomic E-state index is -1.16. The van der Waals surface area contributed by atoms with Gasteiger partial charge in [-0.15, -0.1) is 0 Å². The Hall–Kier alpha value is -3.59. The van der Waals surface area contributed by atoms with E-state index in [0.29, 0.717) is 42.3 Å². The van der Waals surface area contributed by atoms with E-state index in [-0.39, 0.29) is 19.8 Å². The van der Waals surface area contributed by atoms with Crippen LogP contribution in [0, 0.1) is 0 Å². The molecule has 0 radical (unpaired) electrons. The molecular formula is C27H28N2O6. The van der Waals surface area contributed by atoms with Crippen LogP contribution in [0.3, 0.4) is 0 Å². The third kappa shape index (κ3) is 3.70. The van der Waals surface area contributed by atoms with Gasteiger partial charge in [-0.2, -0.15) is 0 Å². The molecule has 0 fully saturated rings. The van der Waals surface area contributed by atoms with Crippen molar-refractivity contribution in [3.63, 3.8) is 0 Å². The van der Waals surface area contributed by atoms with Crippen molar-refractivity contribution in [2.45, 2.75) is 5.60 Å². The van der Waals surface area contributed by atoms with E-state index in [1.165, 1.54) is 0 Å². The fraction of sp³-hybridized carbons (Fsp3) is 0.296. The van der Waals surface area contributed by atoms with Gasteiger partial charge in [0.2, 0.25) is 0 Å². The van der Waals surface area contributed by atoms with Crippen LogP contribution in [0.1, 0.15) is 27.0 Å². The molecule has 2 heterocycles. The zero-order valence-electron chi connectivity index (χ0n) is 19.5. The Bertz CT molecular complexity index is 1260. The smallest absolute Gasteiger partial charge is 0.340 e. The number of benzene rings is 3. The zero-order valence-corrected chi connectivity index (χ0v) is 19.5. The molecular weight excluding hydrogens is 448 g/mol. The van der Waals surface area contributed by atoms with Crippen molar-refractivity contribution in [3.05, 3.63) is 82.9 Å². The van der Waals surface area contributed by atoms with Crippen molar-refractivity contribution in [2.24, 2.45) is 0 Å². The van der Waals surface area contributed by atoms with Crippen LogP contribution < -0.4 is 14.5 Å². The second-order valence-corrected chi connectivity index (χ2v) is 8.66. The molecule has 3 aromatic carbocycles. The number of anilines is 2. The first-order valence-corrected chi connectivity index (χ1v) is 11.6. The minimum absolute atomic E-state index is 0.0150. The van der Waals surface area contributed by atoms with E-state index in [2.05, 4.69) is 0 Å². The number of rotatable bonds is 8. The molecule has 0 amide bonds. The van der Waals surface area contributed by atoms with Crippen molar-refractivity contribution < 1.29 is 29.6 Å². The Kier molecular flexibility index (Phi) is 6.10. The van der Waals surface area contributed by atoms with Crippen LogP contribution in [0.15, 0.2) is 60.7 Å². The Morgan fingerprint density at radius 1 is 0.771 bits per heavy atom. The molecule has 5 rings (SSSR count). The maximum absolute atomic E-state index is 13.0. The number of hydrogen-bond donors (Lipinski definition) is 3. The number of fused-ring (bicyclic) bond motifs is 6.